The Labute approximate surface area is 188 Å². The molecule has 3 aromatic rings. The second kappa shape index (κ2) is 8.65. The van der Waals surface area contributed by atoms with E-state index in [-0.39, 0.29) is 34.0 Å². The summed E-state index contributed by atoms with van der Waals surface area (Å²) >= 11 is 7.03. The average Bonchev–Trinajstić information content (AvgIpc) is 3.37. The maximum Gasteiger partial charge on any atom is 0.286 e. The number of sulfonamides is 1. The highest BCUT2D eigenvalue weighted by Gasteiger charge is 2.36. The van der Waals surface area contributed by atoms with E-state index in [0.29, 0.717) is 34.4 Å². The Morgan fingerprint density at radius 3 is 2.68 bits per heavy atom. The van der Waals surface area contributed by atoms with Crippen LogP contribution in [0.4, 0.5) is 5.69 Å². The van der Waals surface area contributed by atoms with Crippen LogP contribution in [0.2, 0.25) is 5.02 Å². The van der Waals surface area contributed by atoms with Crippen molar-refractivity contribution < 1.29 is 17.7 Å². The van der Waals surface area contributed by atoms with Gasteiger partial charge >= 0.3 is 0 Å². The van der Waals surface area contributed by atoms with Gasteiger partial charge in [-0.3, -0.25) is 4.79 Å². The lowest BCUT2D eigenvalue weighted by Gasteiger charge is -2.30. The van der Waals surface area contributed by atoms with Gasteiger partial charge in [-0.2, -0.15) is 4.31 Å². The monoisotopic (exact) mass is 481 g/mol. The maximum atomic E-state index is 13.1. The first kappa shape index (κ1) is 21.9. The SMILES string of the molecule is Cc1noc(C)c1S(=O)(=O)N1CCCC(c2nnc(C(=O)Nc3ccc(Cl)cc3)s2)C1. The normalized spacial score (nSPS) is 17.6. The molecule has 1 unspecified atom stereocenters. The fourth-order valence-corrected chi connectivity index (χ4v) is 6.35. The average molecular weight is 482 g/mol. The summed E-state index contributed by atoms with van der Waals surface area (Å²) < 4.78 is 32.7. The molecule has 4 rings (SSSR count). The van der Waals surface area contributed by atoms with Crippen molar-refractivity contribution in [3.05, 3.63) is 50.8 Å². The first-order chi connectivity index (χ1) is 14.8. The van der Waals surface area contributed by atoms with Crippen molar-refractivity contribution in [3.63, 3.8) is 0 Å². The van der Waals surface area contributed by atoms with E-state index >= 15 is 0 Å². The van der Waals surface area contributed by atoms with Crippen LogP contribution in [0.5, 0.6) is 0 Å². The first-order valence-electron chi connectivity index (χ1n) is 9.59. The molecule has 1 N–H and O–H groups in total. The van der Waals surface area contributed by atoms with E-state index in [1.807, 2.05) is 0 Å². The Hall–Kier alpha value is -2.34. The number of carbonyl (C=O) groups excluding carboxylic acids is 1. The van der Waals surface area contributed by atoms with Gasteiger partial charge in [-0.15, -0.1) is 10.2 Å². The molecule has 12 heteroatoms. The highest BCUT2D eigenvalue weighted by Crippen LogP contribution is 2.33. The number of piperidine rings is 1. The number of amides is 1. The van der Waals surface area contributed by atoms with Crippen molar-refractivity contribution in [2.45, 2.75) is 37.5 Å². The zero-order valence-corrected chi connectivity index (χ0v) is 19.2. The van der Waals surface area contributed by atoms with Crippen LogP contribution in [-0.2, 0) is 10.0 Å². The zero-order chi connectivity index (χ0) is 22.2. The second-order valence-electron chi connectivity index (χ2n) is 7.26. The van der Waals surface area contributed by atoms with Gasteiger partial charge in [0.15, 0.2) is 5.76 Å². The number of halogens is 1. The maximum absolute atomic E-state index is 13.1. The van der Waals surface area contributed by atoms with Crippen LogP contribution in [0, 0.1) is 13.8 Å². The minimum Gasteiger partial charge on any atom is -0.360 e. The molecule has 1 amide bonds. The van der Waals surface area contributed by atoms with Crippen molar-refractivity contribution in [1.82, 2.24) is 19.7 Å². The van der Waals surface area contributed by atoms with E-state index in [0.717, 1.165) is 6.42 Å². The summed E-state index contributed by atoms with van der Waals surface area (Å²) in [4.78, 5) is 12.6. The second-order valence-corrected chi connectivity index (χ2v) is 10.6. The summed E-state index contributed by atoms with van der Waals surface area (Å²) in [6, 6.07) is 6.75. The Kier molecular flexibility index (Phi) is 6.11. The Balaban J connectivity index is 1.49. The van der Waals surface area contributed by atoms with E-state index in [4.69, 9.17) is 16.1 Å². The standard InChI is InChI=1S/C19H20ClN5O4S2/c1-11-16(12(2)29-24-11)31(27,28)25-9-3-4-13(10-25)18-22-23-19(30-18)17(26)21-15-7-5-14(20)6-8-15/h5-8,13H,3-4,9-10H2,1-2H3,(H,21,26). The highest BCUT2D eigenvalue weighted by molar-refractivity contribution is 7.89. The van der Waals surface area contributed by atoms with E-state index in [1.165, 1.54) is 15.6 Å². The topological polar surface area (TPSA) is 118 Å². The van der Waals surface area contributed by atoms with E-state index < -0.39 is 10.0 Å². The van der Waals surface area contributed by atoms with Crippen LogP contribution >= 0.6 is 22.9 Å². The Morgan fingerprint density at radius 2 is 2.00 bits per heavy atom. The summed E-state index contributed by atoms with van der Waals surface area (Å²) in [6.45, 7) is 3.87. The molecule has 164 valence electrons. The zero-order valence-electron chi connectivity index (χ0n) is 16.8. The van der Waals surface area contributed by atoms with Gasteiger partial charge in [0, 0.05) is 29.7 Å². The molecular formula is C19H20ClN5O4S2. The molecule has 0 aliphatic carbocycles. The Bertz CT molecular complexity index is 1190. The fourth-order valence-electron chi connectivity index (χ4n) is 3.54. The lowest BCUT2D eigenvalue weighted by molar-refractivity contribution is 0.102. The number of rotatable bonds is 5. The number of hydrogen-bond donors (Lipinski definition) is 1. The third-order valence-corrected chi connectivity index (χ3v) is 8.48. The molecule has 2 aromatic heterocycles. The van der Waals surface area contributed by atoms with Gasteiger partial charge in [0.1, 0.15) is 15.6 Å². The van der Waals surface area contributed by atoms with Gasteiger partial charge < -0.3 is 9.84 Å². The summed E-state index contributed by atoms with van der Waals surface area (Å²) in [6.07, 6.45) is 1.44. The molecule has 9 nitrogen and oxygen atoms in total. The van der Waals surface area contributed by atoms with Crippen LogP contribution in [0.15, 0.2) is 33.7 Å². The minimum absolute atomic E-state index is 0.119. The predicted molar refractivity (Wildman–Crippen MR) is 116 cm³/mol. The number of carbonyl (C=O) groups is 1. The number of aromatic nitrogens is 3. The lowest BCUT2D eigenvalue weighted by atomic mass is 10.0. The van der Waals surface area contributed by atoms with Crippen LogP contribution in [0.3, 0.4) is 0 Å². The summed E-state index contributed by atoms with van der Waals surface area (Å²) in [7, 11) is -3.73. The lowest BCUT2D eigenvalue weighted by Crippen LogP contribution is -2.39. The predicted octanol–water partition coefficient (Wildman–Crippen LogP) is 3.62. The van der Waals surface area contributed by atoms with Crippen molar-refractivity contribution in [2.75, 3.05) is 18.4 Å². The van der Waals surface area contributed by atoms with Crippen molar-refractivity contribution in [3.8, 4) is 0 Å². The number of nitrogens with one attached hydrogen (secondary N) is 1. The highest BCUT2D eigenvalue weighted by atomic mass is 35.5. The van der Waals surface area contributed by atoms with Crippen molar-refractivity contribution in [2.24, 2.45) is 0 Å². The number of hydrogen-bond acceptors (Lipinski definition) is 8. The van der Waals surface area contributed by atoms with Gasteiger partial charge in [0.25, 0.3) is 5.91 Å². The van der Waals surface area contributed by atoms with Gasteiger partial charge in [0.05, 0.1) is 0 Å². The number of nitrogens with zero attached hydrogens (tertiary/aromatic N) is 4. The van der Waals surface area contributed by atoms with Crippen molar-refractivity contribution >= 4 is 44.6 Å². The first-order valence-corrected chi connectivity index (χ1v) is 12.2. The van der Waals surface area contributed by atoms with Gasteiger partial charge in [-0.05, 0) is 51.0 Å². The van der Waals surface area contributed by atoms with Crippen LogP contribution in [0.25, 0.3) is 0 Å². The van der Waals surface area contributed by atoms with Gasteiger partial charge in [-0.1, -0.05) is 28.1 Å². The molecule has 31 heavy (non-hydrogen) atoms. The molecule has 1 aliphatic heterocycles. The molecule has 0 radical (unpaired) electrons. The molecule has 1 aromatic carbocycles. The molecule has 1 atom stereocenters. The fraction of sp³-hybridized carbons (Fsp3) is 0.368. The third-order valence-electron chi connectivity index (χ3n) is 5.04. The quantitative estimate of drug-likeness (QED) is 0.591. The molecule has 0 spiro atoms. The molecular weight excluding hydrogens is 462 g/mol. The van der Waals surface area contributed by atoms with Crippen molar-refractivity contribution in [1.29, 1.82) is 0 Å². The molecule has 0 bridgehead atoms. The van der Waals surface area contributed by atoms with E-state index in [9.17, 15) is 13.2 Å². The molecule has 1 aliphatic rings. The summed E-state index contributed by atoms with van der Waals surface area (Å²) in [5.74, 6) is -0.239. The third kappa shape index (κ3) is 4.49. The van der Waals surface area contributed by atoms with Crippen LogP contribution < -0.4 is 5.32 Å². The van der Waals surface area contributed by atoms with Gasteiger partial charge in [0.2, 0.25) is 15.0 Å². The molecule has 0 saturated carbocycles. The molecule has 1 saturated heterocycles. The van der Waals surface area contributed by atoms with E-state index in [2.05, 4.69) is 20.7 Å². The minimum atomic E-state index is -3.73. The largest absolute Gasteiger partial charge is 0.360 e. The van der Waals surface area contributed by atoms with Gasteiger partial charge in [-0.25, -0.2) is 8.42 Å². The summed E-state index contributed by atoms with van der Waals surface area (Å²) in [5.41, 5.74) is 0.942. The smallest absolute Gasteiger partial charge is 0.286 e. The van der Waals surface area contributed by atoms with Crippen LogP contribution in [0.1, 0.15) is 45.0 Å². The summed E-state index contributed by atoms with van der Waals surface area (Å²) in [5, 5.41) is 16.1. The Morgan fingerprint density at radius 1 is 1.26 bits per heavy atom. The molecule has 3 heterocycles. The van der Waals surface area contributed by atoms with E-state index in [1.54, 1.807) is 38.1 Å². The number of anilines is 1. The number of aryl methyl sites for hydroxylation is 2. The van der Waals surface area contributed by atoms with Crippen LogP contribution in [-0.4, -0.2) is 47.1 Å². The number of benzene rings is 1. The molecule has 1 fully saturated rings.